The van der Waals surface area contributed by atoms with E-state index < -0.39 is 0 Å². The number of hydrogen-bond donors (Lipinski definition) is 0. The molecule has 0 spiro atoms. The summed E-state index contributed by atoms with van der Waals surface area (Å²) in [5.41, 5.74) is 0. The normalized spacial score (nSPS) is 17.8. The third-order valence-corrected chi connectivity index (χ3v) is 2.64. The van der Waals surface area contributed by atoms with Crippen LogP contribution in [0.5, 0.6) is 0 Å². The van der Waals surface area contributed by atoms with Crippen LogP contribution in [0.15, 0.2) is 0 Å². The largest absolute Gasteiger partial charge is 0.337 e. The summed E-state index contributed by atoms with van der Waals surface area (Å²) in [6.07, 6.45) is 0. The topological polar surface area (TPSA) is 40.6 Å². The van der Waals surface area contributed by atoms with Crippen molar-refractivity contribution in [1.29, 1.82) is 0 Å². The first-order chi connectivity index (χ1) is 6.06. The van der Waals surface area contributed by atoms with E-state index in [0.717, 1.165) is 0 Å². The molecule has 0 bridgehead atoms. The summed E-state index contributed by atoms with van der Waals surface area (Å²) in [4.78, 5) is 24.0. The minimum Gasteiger partial charge on any atom is -0.272 e. The summed E-state index contributed by atoms with van der Waals surface area (Å²) in [5.74, 6) is -0.0966. The standard InChI is InChI=1S/C8H14N2O2S/c1-4-9-7(11)5-10(8(9)12)13-6(2)3/h6H,4-5H2,1-3H3. The Morgan fingerprint density at radius 2 is 2.08 bits per heavy atom. The van der Waals surface area contributed by atoms with E-state index in [0.29, 0.717) is 11.8 Å². The first kappa shape index (κ1) is 10.4. The maximum absolute atomic E-state index is 11.5. The van der Waals surface area contributed by atoms with Gasteiger partial charge in [0, 0.05) is 11.8 Å². The molecule has 0 saturated carbocycles. The van der Waals surface area contributed by atoms with Crippen molar-refractivity contribution in [3.63, 3.8) is 0 Å². The minimum absolute atomic E-state index is 0.0966. The molecule has 0 aliphatic carbocycles. The van der Waals surface area contributed by atoms with Gasteiger partial charge in [0.15, 0.2) is 0 Å². The lowest BCUT2D eigenvalue weighted by molar-refractivity contribution is -0.125. The van der Waals surface area contributed by atoms with Crippen LogP contribution in [0.3, 0.4) is 0 Å². The zero-order valence-corrected chi connectivity index (χ0v) is 8.93. The van der Waals surface area contributed by atoms with Gasteiger partial charge in [-0.15, -0.1) is 0 Å². The fraction of sp³-hybridized carbons (Fsp3) is 0.750. The Labute approximate surface area is 82.4 Å². The van der Waals surface area contributed by atoms with Crippen LogP contribution in [0, 0.1) is 0 Å². The Balaban J connectivity index is 2.62. The van der Waals surface area contributed by atoms with E-state index in [-0.39, 0.29) is 18.5 Å². The minimum atomic E-state index is -0.175. The zero-order valence-electron chi connectivity index (χ0n) is 8.11. The monoisotopic (exact) mass is 202 g/mol. The maximum atomic E-state index is 11.5. The van der Waals surface area contributed by atoms with Gasteiger partial charge in [-0.25, -0.2) is 4.79 Å². The average Bonchev–Trinajstić information content (AvgIpc) is 2.26. The van der Waals surface area contributed by atoms with Crippen molar-refractivity contribution in [2.24, 2.45) is 0 Å². The van der Waals surface area contributed by atoms with Crippen molar-refractivity contribution < 1.29 is 9.59 Å². The molecular weight excluding hydrogens is 188 g/mol. The first-order valence-corrected chi connectivity index (χ1v) is 5.18. The highest BCUT2D eigenvalue weighted by Gasteiger charge is 2.35. The Morgan fingerprint density at radius 3 is 2.46 bits per heavy atom. The van der Waals surface area contributed by atoms with Gasteiger partial charge in [-0.3, -0.25) is 14.0 Å². The molecular formula is C8H14N2O2S. The SMILES string of the molecule is CCN1C(=O)CN(SC(C)C)C1=O. The number of hydrogen-bond acceptors (Lipinski definition) is 3. The molecule has 4 nitrogen and oxygen atoms in total. The van der Waals surface area contributed by atoms with Crippen LogP contribution in [0.25, 0.3) is 0 Å². The summed E-state index contributed by atoms with van der Waals surface area (Å²) in [6.45, 7) is 6.48. The van der Waals surface area contributed by atoms with E-state index >= 15 is 0 Å². The molecule has 5 heteroatoms. The third-order valence-electron chi connectivity index (χ3n) is 1.68. The van der Waals surface area contributed by atoms with Crippen molar-refractivity contribution >= 4 is 23.9 Å². The summed E-state index contributed by atoms with van der Waals surface area (Å²) in [5, 5.41) is 0.327. The van der Waals surface area contributed by atoms with Gasteiger partial charge in [0.25, 0.3) is 5.91 Å². The molecule has 0 aromatic heterocycles. The molecule has 1 saturated heterocycles. The number of rotatable bonds is 3. The Kier molecular flexibility index (Phi) is 3.19. The molecule has 1 rings (SSSR count). The quantitative estimate of drug-likeness (QED) is 0.512. The van der Waals surface area contributed by atoms with E-state index in [4.69, 9.17) is 0 Å². The van der Waals surface area contributed by atoms with Gasteiger partial charge >= 0.3 is 6.03 Å². The van der Waals surface area contributed by atoms with Crippen LogP contribution in [0.4, 0.5) is 4.79 Å². The Bertz CT molecular complexity index is 230. The van der Waals surface area contributed by atoms with Crippen molar-refractivity contribution in [2.45, 2.75) is 26.0 Å². The van der Waals surface area contributed by atoms with Crippen LogP contribution in [-0.4, -0.2) is 39.5 Å². The number of imide groups is 1. The highest BCUT2D eigenvalue weighted by atomic mass is 32.2. The van der Waals surface area contributed by atoms with Crippen molar-refractivity contribution in [3.8, 4) is 0 Å². The second-order valence-electron chi connectivity index (χ2n) is 3.11. The molecule has 13 heavy (non-hydrogen) atoms. The van der Waals surface area contributed by atoms with Gasteiger partial charge in [-0.2, -0.15) is 0 Å². The summed E-state index contributed by atoms with van der Waals surface area (Å²) >= 11 is 1.41. The van der Waals surface area contributed by atoms with E-state index in [2.05, 4.69) is 0 Å². The van der Waals surface area contributed by atoms with Gasteiger partial charge in [-0.1, -0.05) is 13.8 Å². The number of urea groups is 1. The van der Waals surface area contributed by atoms with Crippen LogP contribution in [0.1, 0.15) is 20.8 Å². The summed E-state index contributed by atoms with van der Waals surface area (Å²) in [7, 11) is 0. The van der Waals surface area contributed by atoms with Gasteiger partial charge in [-0.05, 0) is 18.9 Å². The molecule has 0 atom stereocenters. The predicted octanol–water partition coefficient (Wildman–Crippen LogP) is 1.33. The fourth-order valence-corrected chi connectivity index (χ4v) is 2.05. The summed E-state index contributed by atoms with van der Waals surface area (Å²) < 4.78 is 1.52. The van der Waals surface area contributed by atoms with Crippen molar-refractivity contribution in [3.05, 3.63) is 0 Å². The van der Waals surface area contributed by atoms with E-state index in [1.807, 2.05) is 13.8 Å². The zero-order chi connectivity index (χ0) is 10.0. The van der Waals surface area contributed by atoms with E-state index in [1.54, 1.807) is 6.92 Å². The number of carbonyl (C=O) groups excluding carboxylic acids is 2. The smallest absolute Gasteiger partial charge is 0.272 e. The van der Waals surface area contributed by atoms with Gasteiger partial charge in [0.05, 0.1) is 0 Å². The maximum Gasteiger partial charge on any atom is 0.337 e. The molecule has 74 valence electrons. The van der Waals surface area contributed by atoms with Crippen molar-refractivity contribution in [1.82, 2.24) is 9.21 Å². The van der Waals surface area contributed by atoms with Crippen LogP contribution in [-0.2, 0) is 4.79 Å². The summed E-state index contributed by atoms with van der Waals surface area (Å²) in [6, 6.07) is -0.175. The lowest BCUT2D eigenvalue weighted by Crippen LogP contribution is -2.30. The lowest BCUT2D eigenvalue weighted by atomic mass is 10.5. The number of carbonyl (C=O) groups is 2. The molecule has 1 heterocycles. The second-order valence-corrected chi connectivity index (χ2v) is 4.71. The lowest BCUT2D eigenvalue weighted by Gasteiger charge is -2.16. The predicted molar refractivity (Wildman–Crippen MR) is 52.2 cm³/mol. The number of nitrogens with zero attached hydrogens (tertiary/aromatic N) is 2. The highest BCUT2D eigenvalue weighted by molar-refractivity contribution is 7.98. The molecule has 0 radical (unpaired) electrons. The molecule has 1 fully saturated rings. The van der Waals surface area contributed by atoms with E-state index in [1.165, 1.54) is 21.2 Å². The molecule has 0 N–H and O–H groups in total. The first-order valence-electron chi connectivity index (χ1n) is 4.35. The average molecular weight is 202 g/mol. The van der Waals surface area contributed by atoms with Crippen LogP contribution >= 0.6 is 11.9 Å². The molecule has 0 aromatic rings. The number of amides is 3. The molecule has 0 aromatic carbocycles. The Morgan fingerprint density at radius 1 is 1.46 bits per heavy atom. The van der Waals surface area contributed by atoms with Gasteiger partial charge in [0.2, 0.25) is 0 Å². The van der Waals surface area contributed by atoms with Gasteiger partial charge in [0.1, 0.15) is 6.54 Å². The van der Waals surface area contributed by atoms with Crippen LogP contribution < -0.4 is 0 Å². The fourth-order valence-electron chi connectivity index (χ4n) is 1.17. The molecule has 1 aliphatic heterocycles. The third kappa shape index (κ3) is 2.15. The molecule has 0 unspecified atom stereocenters. The molecule has 1 aliphatic rings. The Hall–Kier alpha value is -0.710. The van der Waals surface area contributed by atoms with Crippen LogP contribution in [0.2, 0.25) is 0 Å². The van der Waals surface area contributed by atoms with E-state index in [9.17, 15) is 9.59 Å². The van der Waals surface area contributed by atoms with Gasteiger partial charge < -0.3 is 0 Å². The van der Waals surface area contributed by atoms with Crippen molar-refractivity contribution in [2.75, 3.05) is 13.1 Å². The number of likely N-dealkylation sites (N-methyl/N-ethyl adjacent to an activating group) is 1. The second kappa shape index (κ2) is 4.00. The molecule has 3 amide bonds. The highest BCUT2D eigenvalue weighted by Crippen LogP contribution is 2.22.